The molecule has 6 nitrogen and oxygen atoms in total. The lowest BCUT2D eigenvalue weighted by molar-refractivity contribution is -0.135. The number of amides is 2. The molecule has 0 radical (unpaired) electrons. The monoisotopic (exact) mass is 360 g/mol. The van der Waals surface area contributed by atoms with E-state index < -0.39 is 23.0 Å². The summed E-state index contributed by atoms with van der Waals surface area (Å²) in [5.41, 5.74) is -1.09. The molecule has 2 N–H and O–H groups in total. The summed E-state index contributed by atoms with van der Waals surface area (Å²) < 4.78 is 24.1. The van der Waals surface area contributed by atoms with Crippen LogP contribution in [0, 0.1) is 11.2 Å². The Balaban J connectivity index is 2.19. The molecule has 2 aromatic carbocycles. The summed E-state index contributed by atoms with van der Waals surface area (Å²) >= 11 is 0. The molecule has 138 valence electrons. The molecule has 2 aromatic rings. The van der Waals surface area contributed by atoms with Crippen molar-refractivity contribution in [1.82, 2.24) is 0 Å². The van der Waals surface area contributed by atoms with Crippen LogP contribution in [-0.2, 0) is 9.59 Å². The number of anilines is 2. The molecule has 0 aromatic heterocycles. The van der Waals surface area contributed by atoms with Crippen LogP contribution in [0.5, 0.6) is 11.5 Å². The van der Waals surface area contributed by atoms with Gasteiger partial charge in [0.05, 0.1) is 25.6 Å². The number of rotatable bonds is 6. The van der Waals surface area contributed by atoms with Crippen LogP contribution in [0.1, 0.15) is 13.8 Å². The Labute approximate surface area is 151 Å². The Morgan fingerprint density at radius 2 is 1.54 bits per heavy atom. The number of benzene rings is 2. The number of para-hydroxylation sites is 1. The van der Waals surface area contributed by atoms with Crippen molar-refractivity contribution in [3.8, 4) is 11.5 Å². The van der Waals surface area contributed by atoms with Crippen LogP contribution in [0.2, 0.25) is 0 Å². The standard InChI is InChI=1S/C19H21FN2O4/c1-19(2,17(23)21-14-8-6-5-7-13(14)20)18(24)22-15-11-12(25-3)9-10-16(15)26-4/h5-11H,1-4H3,(H,21,23)(H,22,24). The summed E-state index contributed by atoms with van der Waals surface area (Å²) in [4.78, 5) is 25.2. The van der Waals surface area contributed by atoms with Crippen molar-refractivity contribution in [2.75, 3.05) is 24.9 Å². The average molecular weight is 360 g/mol. The first-order chi connectivity index (χ1) is 12.3. The molecule has 2 amide bonds. The maximum Gasteiger partial charge on any atom is 0.239 e. The lowest BCUT2D eigenvalue weighted by Gasteiger charge is -2.23. The molecule has 0 fully saturated rings. The van der Waals surface area contributed by atoms with Gasteiger partial charge in [0, 0.05) is 6.07 Å². The highest BCUT2D eigenvalue weighted by Crippen LogP contribution is 2.31. The number of ether oxygens (including phenoxy) is 2. The predicted molar refractivity (Wildman–Crippen MR) is 97.0 cm³/mol. The molecule has 0 spiro atoms. The van der Waals surface area contributed by atoms with Crippen LogP contribution < -0.4 is 20.1 Å². The Hall–Kier alpha value is -3.09. The molecular formula is C19H21FN2O4. The number of hydrogen-bond donors (Lipinski definition) is 2. The lowest BCUT2D eigenvalue weighted by Crippen LogP contribution is -2.41. The second-order valence-corrected chi connectivity index (χ2v) is 6.08. The third-order valence-electron chi connectivity index (χ3n) is 3.91. The second-order valence-electron chi connectivity index (χ2n) is 6.08. The molecular weight excluding hydrogens is 339 g/mol. The largest absolute Gasteiger partial charge is 0.497 e. The van der Waals surface area contributed by atoms with Crippen LogP contribution in [0.25, 0.3) is 0 Å². The third-order valence-corrected chi connectivity index (χ3v) is 3.91. The van der Waals surface area contributed by atoms with E-state index in [1.54, 1.807) is 24.3 Å². The molecule has 26 heavy (non-hydrogen) atoms. The zero-order valence-corrected chi connectivity index (χ0v) is 15.1. The van der Waals surface area contributed by atoms with Gasteiger partial charge in [-0.2, -0.15) is 0 Å². The Bertz CT molecular complexity index is 821. The summed E-state index contributed by atoms with van der Waals surface area (Å²) in [5, 5.41) is 5.10. The third kappa shape index (κ3) is 4.11. The van der Waals surface area contributed by atoms with E-state index in [0.717, 1.165) is 0 Å². The van der Waals surface area contributed by atoms with Crippen LogP contribution in [0.15, 0.2) is 42.5 Å². The van der Waals surface area contributed by atoms with Crippen molar-refractivity contribution in [3.63, 3.8) is 0 Å². The number of hydrogen-bond acceptors (Lipinski definition) is 4. The highest BCUT2D eigenvalue weighted by Gasteiger charge is 2.37. The summed E-state index contributed by atoms with van der Waals surface area (Å²) in [6, 6.07) is 10.7. The summed E-state index contributed by atoms with van der Waals surface area (Å²) in [5.74, 6) is -0.842. The highest BCUT2D eigenvalue weighted by molar-refractivity contribution is 6.14. The molecule has 0 aliphatic carbocycles. The molecule has 0 atom stereocenters. The number of carbonyl (C=O) groups is 2. The van der Waals surface area contributed by atoms with E-state index in [1.165, 1.54) is 46.3 Å². The van der Waals surface area contributed by atoms with Gasteiger partial charge in [0.15, 0.2) is 0 Å². The van der Waals surface area contributed by atoms with Gasteiger partial charge in [0.1, 0.15) is 22.7 Å². The van der Waals surface area contributed by atoms with E-state index in [9.17, 15) is 14.0 Å². The van der Waals surface area contributed by atoms with E-state index in [-0.39, 0.29) is 5.69 Å². The normalized spacial score (nSPS) is 10.8. The Kier molecular flexibility index (Phi) is 5.82. The van der Waals surface area contributed by atoms with Crippen molar-refractivity contribution in [1.29, 1.82) is 0 Å². The first-order valence-electron chi connectivity index (χ1n) is 7.89. The van der Waals surface area contributed by atoms with Gasteiger partial charge in [-0.25, -0.2) is 4.39 Å². The number of carbonyl (C=O) groups excluding carboxylic acids is 2. The number of nitrogens with one attached hydrogen (secondary N) is 2. The fraction of sp³-hybridized carbons (Fsp3) is 0.263. The highest BCUT2D eigenvalue weighted by atomic mass is 19.1. The topological polar surface area (TPSA) is 76.7 Å². The van der Waals surface area contributed by atoms with Crippen LogP contribution in [0.4, 0.5) is 15.8 Å². The van der Waals surface area contributed by atoms with E-state index in [4.69, 9.17) is 9.47 Å². The van der Waals surface area contributed by atoms with Crippen LogP contribution in [-0.4, -0.2) is 26.0 Å². The predicted octanol–water partition coefficient (Wildman–Crippen LogP) is 3.45. The number of halogens is 1. The van der Waals surface area contributed by atoms with Gasteiger partial charge in [-0.15, -0.1) is 0 Å². The molecule has 0 aliphatic rings. The van der Waals surface area contributed by atoms with Crippen molar-refractivity contribution < 1.29 is 23.5 Å². The smallest absolute Gasteiger partial charge is 0.239 e. The minimum atomic E-state index is -1.46. The fourth-order valence-electron chi connectivity index (χ4n) is 2.13. The first-order valence-corrected chi connectivity index (χ1v) is 7.89. The minimum Gasteiger partial charge on any atom is -0.497 e. The van der Waals surface area contributed by atoms with Crippen molar-refractivity contribution in [3.05, 3.63) is 48.3 Å². The van der Waals surface area contributed by atoms with Crippen LogP contribution >= 0.6 is 0 Å². The average Bonchev–Trinajstić information content (AvgIpc) is 2.63. The van der Waals surface area contributed by atoms with Crippen molar-refractivity contribution in [2.24, 2.45) is 5.41 Å². The second kappa shape index (κ2) is 7.86. The van der Waals surface area contributed by atoms with E-state index in [2.05, 4.69) is 10.6 Å². The van der Waals surface area contributed by atoms with Gasteiger partial charge in [0.25, 0.3) is 0 Å². The molecule has 0 saturated carbocycles. The van der Waals surface area contributed by atoms with Gasteiger partial charge in [0.2, 0.25) is 11.8 Å². The minimum absolute atomic E-state index is 0.0114. The van der Waals surface area contributed by atoms with Crippen LogP contribution in [0.3, 0.4) is 0 Å². The van der Waals surface area contributed by atoms with E-state index in [1.807, 2.05) is 0 Å². The summed E-state index contributed by atoms with van der Waals surface area (Å²) in [6.07, 6.45) is 0. The Morgan fingerprint density at radius 1 is 0.923 bits per heavy atom. The molecule has 2 rings (SSSR count). The molecule has 0 aliphatic heterocycles. The van der Waals surface area contributed by atoms with Crippen molar-refractivity contribution >= 4 is 23.2 Å². The number of methoxy groups -OCH3 is 2. The summed E-state index contributed by atoms with van der Waals surface area (Å²) in [7, 11) is 2.96. The van der Waals surface area contributed by atoms with E-state index in [0.29, 0.717) is 17.2 Å². The Morgan fingerprint density at radius 3 is 2.12 bits per heavy atom. The van der Waals surface area contributed by atoms with Gasteiger partial charge in [-0.05, 0) is 38.1 Å². The molecule has 0 unspecified atom stereocenters. The van der Waals surface area contributed by atoms with E-state index >= 15 is 0 Å². The zero-order chi connectivity index (χ0) is 19.3. The van der Waals surface area contributed by atoms with Gasteiger partial charge in [-0.1, -0.05) is 12.1 Å². The van der Waals surface area contributed by atoms with Crippen molar-refractivity contribution in [2.45, 2.75) is 13.8 Å². The SMILES string of the molecule is COc1ccc(OC)c(NC(=O)C(C)(C)C(=O)Nc2ccccc2F)c1. The van der Waals surface area contributed by atoms with Gasteiger partial charge < -0.3 is 20.1 Å². The maximum absolute atomic E-state index is 13.7. The quantitative estimate of drug-likeness (QED) is 0.774. The fourth-order valence-corrected chi connectivity index (χ4v) is 2.13. The maximum atomic E-state index is 13.7. The van der Waals surface area contributed by atoms with Gasteiger partial charge in [-0.3, -0.25) is 9.59 Å². The first kappa shape index (κ1) is 19.2. The summed E-state index contributed by atoms with van der Waals surface area (Å²) in [6.45, 7) is 2.90. The molecule has 0 saturated heterocycles. The van der Waals surface area contributed by atoms with Gasteiger partial charge >= 0.3 is 0 Å². The molecule has 7 heteroatoms. The lowest BCUT2D eigenvalue weighted by atomic mass is 9.90. The zero-order valence-electron chi connectivity index (χ0n) is 15.1. The molecule has 0 bridgehead atoms. The molecule has 0 heterocycles.